The minimum Gasteiger partial charge on any atom is -0.479 e. The van der Waals surface area contributed by atoms with E-state index in [2.05, 4.69) is 0 Å². The van der Waals surface area contributed by atoms with Crippen molar-refractivity contribution in [3.63, 3.8) is 0 Å². The average Bonchev–Trinajstić information content (AvgIpc) is 2.70. The molecule has 7 nitrogen and oxygen atoms in total. The van der Waals surface area contributed by atoms with Crippen LogP contribution in [0.15, 0.2) is 0 Å². The summed E-state index contributed by atoms with van der Waals surface area (Å²) in [7, 11) is 0. The number of morpholine rings is 1. The number of hydrogen-bond acceptors (Lipinski definition) is 5. The number of amides is 1. The van der Waals surface area contributed by atoms with E-state index in [9.17, 15) is 14.7 Å². The summed E-state index contributed by atoms with van der Waals surface area (Å²) in [5, 5.41) is 9.24. The number of carbonyl (C=O) groups is 2. The maximum absolute atomic E-state index is 12.3. The van der Waals surface area contributed by atoms with Crippen molar-refractivity contribution in [1.29, 1.82) is 0 Å². The Bertz CT molecular complexity index is 519. The molecule has 0 aromatic rings. The molecule has 1 N–H and O–H groups in total. The van der Waals surface area contributed by atoms with Crippen LogP contribution in [0.4, 0.5) is 0 Å². The van der Waals surface area contributed by atoms with Crippen molar-refractivity contribution in [2.45, 2.75) is 89.1 Å². The molecule has 28 heavy (non-hydrogen) atoms. The van der Waals surface area contributed by atoms with Gasteiger partial charge in [0.05, 0.1) is 24.9 Å². The third-order valence-corrected chi connectivity index (χ3v) is 6.48. The first-order chi connectivity index (χ1) is 13.6. The molecule has 2 saturated carbocycles. The summed E-state index contributed by atoms with van der Waals surface area (Å²) >= 11 is 0. The number of carbonyl (C=O) groups excluding carboxylic acids is 1. The standard InChI is InChI=1S/C21H35NO6/c1-2-26-19(21(24)25)13-15-7-9-16(10-8-15)27-12-11-22-17-5-3-4-6-18(17)28-14-20(22)23/h15-19H,2-14H2,1H3,(H,24,25). The SMILES string of the molecule is CCOC(CC1CCC(OCCN2C(=O)COC3CCCCC32)CC1)C(=O)O. The smallest absolute Gasteiger partial charge is 0.332 e. The van der Waals surface area contributed by atoms with E-state index >= 15 is 0 Å². The van der Waals surface area contributed by atoms with Crippen molar-refractivity contribution in [3.05, 3.63) is 0 Å². The molecule has 0 aromatic carbocycles. The summed E-state index contributed by atoms with van der Waals surface area (Å²) < 4.78 is 17.1. The second kappa shape index (κ2) is 10.6. The highest BCUT2D eigenvalue weighted by atomic mass is 16.5. The van der Waals surface area contributed by atoms with Crippen LogP contribution in [0.5, 0.6) is 0 Å². The average molecular weight is 398 g/mol. The molecule has 3 unspecified atom stereocenters. The monoisotopic (exact) mass is 397 g/mol. The van der Waals surface area contributed by atoms with E-state index in [1.54, 1.807) is 0 Å². The summed E-state index contributed by atoms with van der Waals surface area (Å²) in [6.07, 6.45) is 8.60. The van der Waals surface area contributed by atoms with Gasteiger partial charge in [-0.3, -0.25) is 4.79 Å². The zero-order valence-corrected chi connectivity index (χ0v) is 17.0. The molecule has 3 aliphatic rings. The van der Waals surface area contributed by atoms with Crippen LogP contribution >= 0.6 is 0 Å². The Hall–Kier alpha value is -1.18. The van der Waals surface area contributed by atoms with Crippen molar-refractivity contribution >= 4 is 11.9 Å². The van der Waals surface area contributed by atoms with E-state index in [0.717, 1.165) is 44.9 Å². The van der Waals surface area contributed by atoms with Gasteiger partial charge in [-0.05, 0) is 57.8 Å². The lowest BCUT2D eigenvalue weighted by atomic mass is 9.84. The van der Waals surface area contributed by atoms with Crippen LogP contribution in [-0.4, -0.2) is 72.6 Å². The molecule has 3 rings (SSSR count). The first kappa shape index (κ1) is 21.5. The number of aliphatic carboxylic acids is 1. The van der Waals surface area contributed by atoms with Gasteiger partial charge in [0, 0.05) is 13.2 Å². The molecule has 3 fully saturated rings. The largest absolute Gasteiger partial charge is 0.479 e. The normalized spacial score (nSPS) is 32.0. The van der Waals surface area contributed by atoms with Crippen LogP contribution in [0, 0.1) is 5.92 Å². The molecule has 1 aliphatic heterocycles. The molecular formula is C21H35NO6. The number of rotatable bonds is 9. The molecule has 2 aliphatic carbocycles. The summed E-state index contributed by atoms with van der Waals surface area (Å²) in [5.74, 6) is -0.390. The van der Waals surface area contributed by atoms with Gasteiger partial charge in [0.2, 0.25) is 5.91 Å². The van der Waals surface area contributed by atoms with Gasteiger partial charge in [-0.2, -0.15) is 0 Å². The van der Waals surface area contributed by atoms with Gasteiger partial charge in [-0.25, -0.2) is 4.79 Å². The fourth-order valence-corrected chi connectivity index (χ4v) is 4.96. The number of carboxylic acid groups (broad SMARTS) is 1. The fraction of sp³-hybridized carbons (Fsp3) is 0.905. The van der Waals surface area contributed by atoms with Crippen molar-refractivity contribution in [1.82, 2.24) is 4.90 Å². The number of nitrogens with zero attached hydrogens (tertiary/aromatic N) is 1. The molecule has 1 saturated heterocycles. The van der Waals surface area contributed by atoms with Gasteiger partial charge in [-0.1, -0.05) is 12.8 Å². The van der Waals surface area contributed by atoms with E-state index < -0.39 is 12.1 Å². The van der Waals surface area contributed by atoms with E-state index in [-0.39, 0.29) is 30.8 Å². The highest BCUT2D eigenvalue weighted by Crippen LogP contribution is 2.31. The van der Waals surface area contributed by atoms with Crippen molar-refractivity contribution < 1.29 is 28.9 Å². The van der Waals surface area contributed by atoms with Crippen LogP contribution < -0.4 is 0 Å². The number of hydrogen-bond donors (Lipinski definition) is 1. The second-order valence-electron chi connectivity index (χ2n) is 8.32. The highest BCUT2D eigenvalue weighted by molar-refractivity contribution is 5.78. The van der Waals surface area contributed by atoms with Gasteiger partial charge in [0.15, 0.2) is 6.10 Å². The first-order valence-corrected chi connectivity index (χ1v) is 11.0. The minimum atomic E-state index is -0.864. The van der Waals surface area contributed by atoms with E-state index in [1.807, 2.05) is 11.8 Å². The van der Waals surface area contributed by atoms with Crippen LogP contribution in [0.25, 0.3) is 0 Å². The molecule has 3 atom stereocenters. The summed E-state index contributed by atoms with van der Waals surface area (Å²) in [6.45, 7) is 3.68. The molecule has 1 heterocycles. The number of carboxylic acids is 1. The molecule has 7 heteroatoms. The summed E-state index contributed by atoms with van der Waals surface area (Å²) in [4.78, 5) is 25.5. The quantitative estimate of drug-likeness (QED) is 0.644. The molecule has 0 bridgehead atoms. The zero-order valence-electron chi connectivity index (χ0n) is 17.0. The Labute approximate surface area is 167 Å². The van der Waals surface area contributed by atoms with Crippen LogP contribution in [0.2, 0.25) is 0 Å². The van der Waals surface area contributed by atoms with Crippen LogP contribution in [0.3, 0.4) is 0 Å². The number of fused-ring (bicyclic) bond motifs is 1. The van der Waals surface area contributed by atoms with E-state index in [4.69, 9.17) is 14.2 Å². The Morgan fingerprint density at radius 2 is 1.96 bits per heavy atom. The van der Waals surface area contributed by atoms with Gasteiger partial charge < -0.3 is 24.2 Å². The van der Waals surface area contributed by atoms with Gasteiger partial charge >= 0.3 is 5.97 Å². The molecule has 0 aromatic heterocycles. The van der Waals surface area contributed by atoms with Crippen LogP contribution in [0.1, 0.15) is 64.7 Å². The highest BCUT2D eigenvalue weighted by Gasteiger charge is 2.38. The van der Waals surface area contributed by atoms with Crippen molar-refractivity contribution in [2.24, 2.45) is 5.92 Å². The maximum atomic E-state index is 12.3. The molecular weight excluding hydrogens is 362 g/mol. The topological polar surface area (TPSA) is 85.3 Å². The molecule has 160 valence electrons. The third-order valence-electron chi connectivity index (χ3n) is 6.48. The molecule has 0 radical (unpaired) electrons. The predicted molar refractivity (Wildman–Crippen MR) is 103 cm³/mol. The summed E-state index contributed by atoms with van der Waals surface area (Å²) in [6, 6.07) is 0.223. The second-order valence-corrected chi connectivity index (χ2v) is 8.32. The Morgan fingerprint density at radius 1 is 1.21 bits per heavy atom. The van der Waals surface area contributed by atoms with Gasteiger partial charge in [0.1, 0.15) is 6.61 Å². The Kier molecular flexibility index (Phi) is 8.11. The minimum absolute atomic E-state index is 0.0890. The maximum Gasteiger partial charge on any atom is 0.332 e. The lowest BCUT2D eigenvalue weighted by Gasteiger charge is -2.43. The Morgan fingerprint density at radius 3 is 2.68 bits per heavy atom. The summed E-state index contributed by atoms with van der Waals surface area (Å²) in [5.41, 5.74) is 0. The van der Waals surface area contributed by atoms with E-state index in [1.165, 1.54) is 6.42 Å². The van der Waals surface area contributed by atoms with E-state index in [0.29, 0.717) is 32.1 Å². The van der Waals surface area contributed by atoms with Gasteiger partial charge in [0.25, 0.3) is 0 Å². The van der Waals surface area contributed by atoms with Crippen molar-refractivity contribution in [3.8, 4) is 0 Å². The van der Waals surface area contributed by atoms with Crippen molar-refractivity contribution in [2.75, 3.05) is 26.4 Å². The lowest BCUT2D eigenvalue weighted by molar-refractivity contribution is -0.162. The predicted octanol–water partition coefficient (Wildman–Crippen LogP) is 2.61. The number of ether oxygens (including phenoxy) is 3. The molecule has 0 spiro atoms. The lowest BCUT2D eigenvalue weighted by Crippen LogP contribution is -2.56. The van der Waals surface area contributed by atoms with Crippen LogP contribution in [-0.2, 0) is 23.8 Å². The third kappa shape index (κ3) is 5.67. The first-order valence-electron chi connectivity index (χ1n) is 11.0. The molecule has 1 amide bonds. The zero-order chi connectivity index (χ0) is 19.9. The Balaban J connectivity index is 1.37. The van der Waals surface area contributed by atoms with Gasteiger partial charge in [-0.15, -0.1) is 0 Å². The fourth-order valence-electron chi connectivity index (χ4n) is 4.96.